The van der Waals surface area contributed by atoms with Gasteiger partial charge in [-0.1, -0.05) is 49.6 Å². The number of aromatic nitrogens is 2. The van der Waals surface area contributed by atoms with E-state index in [1.165, 1.54) is 29.8 Å². The number of aryl methyl sites for hydroxylation is 1. The second-order valence-corrected chi connectivity index (χ2v) is 10.4. The number of piperidine rings is 1. The smallest absolute Gasteiger partial charge is 0.322 e. The van der Waals surface area contributed by atoms with E-state index in [0.29, 0.717) is 24.4 Å². The van der Waals surface area contributed by atoms with E-state index < -0.39 is 15.9 Å². The summed E-state index contributed by atoms with van der Waals surface area (Å²) in [7, 11) is -3.59. The normalized spacial score (nSPS) is 16.9. The fourth-order valence-corrected chi connectivity index (χ4v) is 5.99. The zero-order valence-electron chi connectivity index (χ0n) is 19.5. The zero-order chi connectivity index (χ0) is 24.1. The molecule has 9 heteroatoms. The summed E-state index contributed by atoms with van der Waals surface area (Å²) >= 11 is 0. The highest BCUT2D eigenvalue weighted by molar-refractivity contribution is 7.89. The molecule has 34 heavy (non-hydrogen) atoms. The Labute approximate surface area is 200 Å². The summed E-state index contributed by atoms with van der Waals surface area (Å²) in [5.41, 5.74) is 2.59. The number of anilines is 1. The number of nitrogens with one attached hydrogen (secondary N) is 1. The van der Waals surface area contributed by atoms with Crippen molar-refractivity contribution >= 4 is 21.9 Å². The van der Waals surface area contributed by atoms with Crippen molar-refractivity contribution in [3.05, 3.63) is 71.1 Å². The van der Waals surface area contributed by atoms with Crippen LogP contribution in [0.15, 0.2) is 57.8 Å². The average Bonchev–Trinajstić information content (AvgIpc) is 3.31. The average molecular weight is 483 g/mol. The van der Waals surface area contributed by atoms with Gasteiger partial charge in [-0.25, -0.2) is 8.42 Å². The molecular formula is C25H30N4O4S. The van der Waals surface area contributed by atoms with Gasteiger partial charge in [0.05, 0.1) is 11.3 Å². The van der Waals surface area contributed by atoms with Gasteiger partial charge in [0.25, 0.3) is 5.91 Å². The van der Waals surface area contributed by atoms with Crippen LogP contribution in [0.25, 0.3) is 0 Å². The Morgan fingerprint density at radius 2 is 1.74 bits per heavy atom. The first-order chi connectivity index (χ1) is 16.4. The molecule has 0 saturated carbocycles. The second kappa shape index (κ2) is 10.5. The number of amides is 1. The fourth-order valence-electron chi connectivity index (χ4n) is 4.22. The third kappa shape index (κ3) is 5.37. The number of rotatable bonds is 8. The topological polar surface area (TPSA) is 105 Å². The first-order valence-electron chi connectivity index (χ1n) is 11.7. The van der Waals surface area contributed by atoms with E-state index in [9.17, 15) is 13.2 Å². The van der Waals surface area contributed by atoms with Gasteiger partial charge in [-0.05, 0) is 61.1 Å². The van der Waals surface area contributed by atoms with Gasteiger partial charge in [0.15, 0.2) is 0 Å². The number of nitrogens with zero attached hydrogens (tertiary/aromatic N) is 3. The van der Waals surface area contributed by atoms with Gasteiger partial charge in [0, 0.05) is 18.2 Å². The van der Waals surface area contributed by atoms with Crippen molar-refractivity contribution in [3.8, 4) is 0 Å². The predicted octanol–water partition coefficient (Wildman–Crippen LogP) is 4.43. The lowest BCUT2D eigenvalue weighted by Crippen LogP contribution is -2.43. The van der Waals surface area contributed by atoms with Crippen molar-refractivity contribution in [1.29, 1.82) is 0 Å². The molecule has 0 bridgehead atoms. The molecule has 1 fully saturated rings. The molecule has 1 aromatic heterocycles. The fraction of sp³-hybridized carbons (Fsp3) is 0.400. The van der Waals surface area contributed by atoms with E-state index >= 15 is 0 Å². The molecule has 4 rings (SSSR count). The van der Waals surface area contributed by atoms with Crippen LogP contribution in [-0.2, 0) is 22.9 Å². The van der Waals surface area contributed by atoms with Crippen LogP contribution in [0, 0.1) is 0 Å². The third-order valence-electron chi connectivity index (χ3n) is 6.24. The zero-order valence-corrected chi connectivity index (χ0v) is 20.3. The molecule has 0 radical (unpaired) electrons. The van der Waals surface area contributed by atoms with Crippen molar-refractivity contribution in [2.45, 2.75) is 63.3 Å². The lowest BCUT2D eigenvalue weighted by Gasteiger charge is -2.34. The number of benzene rings is 2. The highest BCUT2D eigenvalue weighted by atomic mass is 32.2. The highest BCUT2D eigenvalue weighted by Gasteiger charge is 2.32. The summed E-state index contributed by atoms with van der Waals surface area (Å²) < 4.78 is 33.4. The van der Waals surface area contributed by atoms with Gasteiger partial charge in [-0.2, -0.15) is 4.31 Å². The minimum absolute atomic E-state index is 0.000908. The lowest BCUT2D eigenvalue weighted by molar-refractivity contribution is 0.102. The number of carbonyl (C=O) groups excluding carboxylic acids is 1. The van der Waals surface area contributed by atoms with Crippen molar-refractivity contribution in [1.82, 2.24) is 14.5 Å². The highest BCUT2D eigenvalue weighted by Crippen LogP contribution is 2.27. The molecule has 0 spiro atoms. The van der Waals surface area contributed by atoms with Crippen LogP contribution in [0.4, 0.5) is 6.01 Å². The standard InChI is InChI=1S/C25H30N4O4S/c1-3-18-8-10-19(11-9-18)17-23-27-28-25(33-23)26-24(30)20-12-14-22(15-13-20)34(31,32)29-16-6-5-7-21(29)4-2/h8-15,21H,3-7,16-17H2,1-2H3,(H,26,28,30). The molecule has 1 amide bonds. The Hall–Kier alpha value is -3.04. The van der Waals surface area contributed by atoms with Crippen LogP contribution < -0.4 is 5.32 Å². The van der Waals surface area contributed by atoms with Crippen molar-refractivity contribution in [2.75, 3.05) is 11.9 Å². The van der Waals surface area contributed by atoms with Crippen LogP contribution in [-0.4, -0.2) is 41.4 Å². The molecule has 1 saturated heterocycles. The van der Waals surface area contributed by atoms with Crippen LogP contribution in [0.1, 0.15) is 66.9 Å². The molecule has 2 aromatic carbocycles. The molecule has 1 aliphatic rings. The summed E-state index contributed by atoms with van der Waals surface area (Å²) in [6, 6.07) is 14.1. The predicted molar refractivity (Wildman–Crippen MR) is 129 cm³/mol. The Balaban J connectivity index is 1.40. The number of sulfonamides is 1. The van der Waals surface area contributed by atoms with Crippen LogP contribution >= 0.6 is 0 Å². The van der Waals surface area contributed by atoms with Crippen molar-refractivity contribution < 1.29 is 17.6 Å². The Kier molecular flexibility index (Phi) is 7.43. The van der Waals surface area contributed by atoms with Gasteiger partial charge in [0.2, 0.25) is 15.9 Å². The molecule has 1 N–H and O–H groups in total. The number of hydrogen-bond donors (Lipinski definition) is 1. The quantitative estimate of drug-likeness (QED) is 0.509. The van der Waals surface area contributed by atoms with E-state index in [1.54, 1.807) is 4.31 Å². The maximum absolute atomic E-state index is 13.1. The van der Waals surface area contributed by atoms with Gasteiger partial charge in [0.1, 0.15) is 0 Å². The molecule has 2 heterocycles. The van der Waals surface area contributed by atoms with Gasteiger partial charge >= 0.3 is 6.01 Å². The monoisotopic (exact) mass is 482 g/mol. The number of hydrogen-bond acceptors (Lipinski definition) is 6. The molecule has 0 aliphatic carbocycles. The second-order valence-electron chi connectivity index (χ2n) is 8.50. The Morgan fingerprint density at radius 3 is 2.41 bits per heavy atom. The largest absolute Gasteiger partial charge is 0.407 e. The number of carbonyl (C=O) groups is 1. The maximum Gasteiger partial charge on any atom is 0.322 e. The molecule has 3 aromatic rings. The van der Waals surface area contributed by atoms with Crippen LogP contribution in [0.3, 0.4) is 0 Å². The van der Waals surface area contributed by atoms with Gasteiger partial charge in [-0.3, -0.25) is 10.1 Å². The SMILES string of the molecule is CCc1ccc(Cc2nnc(NC(=O)c3ccc(S(=O)(=O)N4CCCCC4CC)cc3)o2)cc1. The van der Waals surface area contributed by atoms with Gasteiger partial charge < -0.3 is 4.42 Å². The third-order valence-corrected chi connectivity index (χ3v) is 8.21. The Morgan fingerprint density at radius 1 is 1.03 bits per heavy atom. The van der Waals surface area contributed by atoms with E-state index in [2.05, 4.69) is 34.6 Å². The van der Waals surface area contributed by atoms with Crippen molar-refractivity contribution in [3.63, 3.8) is 0 Å². The van der Waals surface area contributed by atoms with Crippen LogP contribution in [0.5, 0.6) is 0 Å². The minimum Gasteiger partial charge on any atom is -0.407 e. The first kappa shape index (κ1) is 24.1. The summed E-state index contributed by atoms with van der Waals surface area (Å²) in [4.78, 5) is 12.8. The summed E-state index contributed by atoms with van der Waals surface area (Å²) in [5.74, 6) is -0.0520. The molecule has 1 atom stereocenters. The van der Waals surface area contributed by atoms with E-state index in [0.717, 1.165) is 37.7 Å². The molecular weight excluding hydrogens is 452 g/mol. The molecule has 1 aliphatic heterocycles. The molecule has 1 unspecified atom stereocenters. The van der Waals surface area contributed by atoms with Crippen LogP contribution in [0.2, 0.25) is 0 Å². The van der Waals surface area contributed by atoms with E-state index in [-0.39, 0.29) is 17.0 Å². The van der Waals surface area contributed by atoms with Gasteiger partial charge in [-0.15, -0.1) is 5.10 Å². The minimum atomic E-state index is -3.59. The summed E-state index contributed by atoms with van der Waals surface area (Å²) in [5, 5.41) is 10.5. The first-order valence-corrected chi connectivity index (χ1v) is 13.2. The maximum atomic E-state index is 13.1. The summed E-state index contributed by atoms with van der Waals surface area (Å²) in [6.45, 7) is 4.65. The summed E-state index contributed by atoms with van der Waals surface area (Å²) in [6.07, 6.45) is 5.02. The van der Waals surface area contributed by atoms with E-state index in [1.807, 2.05) is 19.1 Å². The Bertz CT molecular complexity index is 1220. The van der Waals surface area contributed by atoms with E-state index in [4.69, 9.17) is 4.42 Å². The molecule has 8 nitrogen and oxygen atoms in total. The van der Waals surface area contributed by atoms with Crippen molar-refractivity contribution in [2.24, 2.45) is 0 Å². The molecule has 180 valence electrons. The lowest BCUT2D eigenvalue weighted by atomic mass is 10.0.